The standard InChI is InChI=1S/C19H26N6O2/c1-3-26-11-10-25-17(21-14(2)23-25)12-15-6-5-9-24(13-15)19-22-18-16(27-19)7-4-8-20-18/h4,7-8,15H,3,5-6,9-13H2,1-2H3. The summed E-state index contributed by atoms with van der Waals surface area (Å²) >= 11 is 0. The number of hydrogen-bond donors (Lipinski definition) is 0. The summed E-state index contributed by atoms with van der Waals surface area (Å²) in [5, 5.41) is 4.53. The lowest BCUT2D eigenvalue weighted by Crippen LogP contribution is -2.36. The highest BCUT2D eigenvalue weighted by atomic mass is 16.5. The van der Waals surface area contributed by atoms with Crippen molar-refractivity contribution in [2.24, 2.45) is 5.92 Å². The van der Waals surface area contributed by atoms with Crippen molar-refractivity contribution in [2.45, 2.75) is 39.7 Å². The largest absolute Gasteiger partial charge is 0.422 e. The van der Waals surface area contributed by atoms with Crippen LogP contribution in [0.15, 0.2) is 22.7 Å². The highest BCUT2D eigenvalue weighted by molar-refractivity contribution is 5.69. The van der Waals surface area contributed by atoms with E-state index in [9.17, 15) is 0 Å². The molecule has 3 aromatic rings. The van der Waals surface area contributed by atoms with Crippen LogP contribution in [0.3, 0.4) is 0 Å². The molecule has 1 unspecified atom stereocenters. The van der Waals surface area contributed by atoms with Gasteiger partial charge in [0.15, 0.2) is 5.58 Å². The third-order valence-corrected chi connectivity index (χ3v) is 4.92. The molecule has 4 rings (SSSR count). The molecule has 0 saturated carbocycles. The van der Waals surface area contributed by atoms with E-state index in [0.29, 0.717) is 24.2 Å². The van der Waals surface area contributed by atoms with E-state index in [2.05, 4.69) is 25.0 Å². The van der Waals surface area contributed by atoms with Gasteiger partial charge >= 0.3 is 0 Å². The predicted molar refractivity (Wildman–Crippen MR) is 102 cm³/mol. The lowest BCUT2D eigenvalue weighted by molar-refractivity contribution is 0.135. The zero-order valence-corrected chi connectivity index (χ0v) is 16.0. The summed E-state index contributed by atoms with van der Waals surface area (Å²) in [6, 6.07) is 4.44. The van der Waals surface area contributed by atoms with Crippen LogP contribution in [0.2, 0.25) is 0 Å². The molecule has 0 aromatic carbocycles. The van der Waals surface area contributed by atoms with Gasteiger partial charge in [0.1, 0.15) is 11.6 Å². The Bertz CT molecular complexity index is 856. The van der Waals surface area contributed by atoms with Crippen LogP contribution in [0.5, 0.6) is 0 Å². The minimum absolute atomic E-state index is 0.496. The van der Waals surface area contributed by atoms with E-state index in [1.54, 1.807) is 6.20 Å². The minimum Gasteiger partial charge on any atom is -0.422 e. The normalized spacial score (nSPS) is 17.7. The molecule has 1 saturated heterocycles. The first kappa shape index (κ1) is 17.9. The van der Waals surface area contributed by atoms with E-state index in [-0.39, 0.29) is 0 Å². The average molecular weight is 370 g/mol. The van der Waals surface area contributed by atoms with Crippen LogP contribution in [0.4, 0.5) is 6.01 Å². The van der Waals surface area contributed by atoms with Gasteiger partial charge in [-0.25, -0.2) is 14.6 Å². The fourth-order valence-corrected chi connectivity index (χ4v) is 3.68. The van der Waals surface area contributed by atoms with Gasteiger partial charge in [0.2, 0.25) is 5.65 Å². The van der Waals surface area contributed by atoms with Crippen molar-refractivity contribution in [1.29, 1.82) is 0 Å². The molecule has 0 aliphatic carbocycles. The first-order valence-corrected chi connectivity index (χ1v) is 9.67. The molecule has 0 amide bonds. The second kappa shape index (κ2) is 8.04. The van der Waals surface area contributed by atoms with Gasteiger partial charge in [0.05, 0.1) is 13.2 Å². The highest BCUT2D eigenvalue weighted by Crippen LogP contribution is 2.27. The Kier molecular flexibility index (Phi) is 5.33. The van der Waals surface area contributed by atoms with Crippen LogP contribution in [0, 0.1) is 12.8 Å². The van der Waals surface area contributed by atoms with Crippen molar-refractivity contribution >= 4 is 17.2 Å². The van der Waals surface area contributed by atoms with Crippen LogP contribution in [-0.2, 0) is 17.7 Å². The molecule has 8 nitrogen and oxygen atoms in total. The van der Waals surface area contributed by atoms with Crippen LogP contribution in [-0.4, -0.2) is 51.0 Å². The van der Waals surface area contributed by atoms with E-state index in [4.69, 9.17) is 9.15 Å². The summed E-state index contributed by atoms with van der Waals surface area (Å²) in [5.74, 6) is 2.36. The first-order valence-electron chi connectivity index (χ1n) is 9.67. The number of hydrogen-bond acceptors (Lipinski definition) is 7. The summed E-state index contributed by atoms with van der Waals surface area (Å²) in [7, 11) is 0. The number of pyridine rings is 1. The topological polar surface area (TPSA) is 82.1 Å². The van der Waals surface area contributed by atoms with E-state index < -0.39 is 0 Å². The molecule has 8 heteroatoms. The molecule has 0 bridgehead atoms. The fraction of sp³-hybridized carbons (Fsp3) is 0.579. The smallest absolute Gasteiger partial charge is 0.299 e. The number of aryl methyl sites for hydroxylation is 1. The predicted octanol–water partition coefficient (Wildman–Crippen LogP) is 2.62. The Morgan fingerprint density at radius 2 is 2.26 bits per heavy atom. The Hall–Kier alpha value is -2.48. The van der Waals surface area contributed by atoms with Gasteiger partial charge in [-0.1, -0.05) is 0 Å². The molecule has 0 N–H and O–H groups in total. The molecular formula is C19H26N6O2. The SMILES string of the molecule is CCOCCn1nc(C)nc1CC1CCCN(c2nc3ncccc3o2)C1. The summed E-state index contributed by atoms with van der Waals surface area (Å²) < 4.78 is 13.4. The second-order valence-electron chi connectivity index (χ2n) is 6.98. The van der Waals surface area contributed by atoms with E-state index >= 15 is 0 Å². The molecule has 144 valence electrons. The Labute approximate surface area is 158 Å². The molecule has 0 radical (unpaired) electrons. The maximum Gasteiger partial charge on any atom is 0.299 e. The van der Waals surface area contributed by atoms with Gasteiger partial charge < -0.3 is 14.1 Å². The van der Waals surface area contributed by atoms with E-state index in [0.717, 1.165) is 56.3 Å². The Morgan fingerprint density at radius 1 is 1.33 bits per heavy atom. The van der Waals surface area contributed by atoms with Gasteiger partial charge in [0, 0.05) is 32.3 Å². The summed E-state index contributed by atoms with van der Waals surface area (Å²) in [6.07, 6.45) is 4.93. The van der Waals surface area contributed by atoms with Crippen LogP contribution >= 0.6 is 0 Å². The molecule has 1 fully saturated rings. The maximum atomic E-state index is 5.90. The Balaban J connectivity index is 1.44. The fourth-order valence-electron chi connectivity index (χ4n) is 3.68. The average Bonchev–Trinajstić information content (AvgIpc) is 3.25. The molecule has 1 aliphatic heterocycles. The molecule has 1 atom stereocenters. The molecule has 3 aromatic heterocycles. The van der Waals surface area contributed by atoms with Gasteiger partial charge in [-0.2, -0.15) is 10.1 Å². The van der Waals surface area contributed by atoms with E-state index in [1.807, 2.05) is 30.7 Å². The number of nitrogens with zero attached hydrogens (tertiary/aromatic N) is 6. The van der Waals surface area contributed by atoms with Crippen molar-refractivity contribution < 1.29 is 9.15 Å². The summed E-state index contributed by atoms with van der Waals surface area (Å²) in [4.78, 5) is 15.7. The van der Waals surface area contributed by atoms with Crippen LogP contribution < -0.4 is 4.90 Å². The van der Waals surface area contributed by atoms with Crippen molar-refractivity contribution in [3.63, 3.8) is 0 Å². The second-order valence-corrected chi connectivity index (χ2v) is 6.98. The lowest BCUT2D eigenvalue weighted by atomic mass is 9.94. The zero-order chi connectivity index (χ0) is 18.6. The monoisotopic (exact) mass is 370 g/mol. The quantitative estimate of drug-likeness (QED) is 0.591. The number of aromatic nitrogens is 5. The molecule has 27 heavy (non-hydrogen) atoms. The lowest BCUT2D eigenvalue weighted by Gasteiger charge is -2.31. The van der Waals surface area contributed by atoms with Crippen molar-refractivity contribution in [1.82, 2.24) is 24.7 Å². The number of oxazole rings is 1. The third-order valence-electron chi connectivity index (χ3n) is 4.92. The number of rotatable bonds is 7. The molecule has 0 spiro atoms. The first-order chi connectivity index (χ1) is 13.2. The van der Waals surface area contributed by atoms with Crippen LogP contribution in [0.1, 0.15) is 31.4 Å². The van der Waals surface area contributed by atoms with Crippen molar-refractivity contribution in [2.75, 3.05) is 31.2 Å². The number of fused-ring (bicyclic) bond motifs is 1. The molecule has 1 aliphatic rings. The zero-order valence-electron chi connectivity index (χ0n) is 16.0. The number of anilines is 1. The minimum atomic E-state index is 0.496. The number of piperidine rings is 1. The van der Waals surface area contributed by atoms with Crippen molar-refractivity contribution in [3.8, 4) is 0 Å². The molecule has 4 heterocycles. The van der Waals surface area contributed by atoms with Gasteiger partial charge in [0.25, 0.3) is 6.01 Å². The highest BCUT2D eigenvalue weighted by Gasteiger charge is 2.25. The third kappa shape index (κ3) is 4.10. The van der Waals surface area contributed by atoms with Gasteiger partial charge in [-0.15, -0.1) is 0 Å². The van der Waals surface area contributed by atoms with E-state index in [1.165, 1.54) is 6.42 Å². The molecular weight excluding hydrogens is 344 g/mol. The van der Waals surface area contributed by atoms with Gasteiger partial charge in [-0.3, -0.25) is 0 Å². The summed E-state index contributed by atoms with van der Waals surface area (Å²) in [5.41, 5.74) is 1.40. The van der Waals surface area contributed by atoms with Gasteiger partial charge in [-0.05, 0) is 44.7 Å². The Morgan fingerprint density at radius 3 is 3.11 bits per heavy atom. The maximum absolute atomic E-state index is 5.90. The van der Waals surface area contributed by atoms with Crippen molar-refractivity contribution in [3.05, 3.63) is 30.0 Å². The summed E-state index contributed by atoms with van der Waals surface area (Å²) in [6.45, 7) is 7.95. The van der Waals surface area contributed by atoms with Crippen LogP contribution in [0.25, 0.3) is 11.2 Å². The number of ether oxygens (including phenoxy) is 1.